The van der Waals surface area contributed by atoms with E-state index in [2.05, 4.69) is 79.7 Å². The topological polar surface area (TPSA) is 17.1 Å². The van der Waals surface area contributed by atoms with Gasteiger partial charge < -0.3 is 0 Å². The molecule has 0 aromatic heterocycles. The first-order valence-electron chi connectivity index (χ1n) is 15.4. The lowest BCUT2D eigenvalue weighted by Gasteiger charge is -2.45. The van der Waals surface area contributed by atoms with Crippen molar-refractivity contribution in [2.75, 3.05) is 0 Å². The Bertz CT molecular complexity index is 1120. The Balaban J connectivity index is 1.50. The number of benzene rings is 2. The normalized spacial score (nSPS) is 23.9. The monoisotopic (exact) mass is 582 g/mol. The molecule has 2 saturated carbocycles. The largest absolute Gasteiger partial charge is 0.298 e. The molecule has 2 atom stereocenters. The van der Waals surface area contributed by atoms with E-state index in [9.17, 15) is 4.79 Å². The number of halogens is 2. The zero-order valence-electron chi connectivity index (χ0n) is 26.7. The maximum absolute atomic E-state index is 13.7. The SMILES string of the molecule is CC(C(=O)C(C)c1ccc(C2CC(C)(C)CC(C)(C)C2)c(Cl)c1)c1ccc(C2CC(C)(C)CC(C)(C)C2)c(Cl)c1. The summed E-state index contributed by atoms with van der Waals surface area (Å²) < 4.78 is 0. The van der Waals surface area contributed by atoms with Crippen LogP contribution in [0.5, 0.6) is 0 Å². The van der Waals surface area contributed by atoms with Gasteiger partial charge in [-0.05, 0) is 106 Å². The molecular formula is C37H52Cl2O. The van der Waals surface area contributed by atoms with Crippen molar-refractivity contribution >= 4 is 29.0 Å². The van der Waals surface area contributed by atoms with E-state index in [4.69, 9.17) is 23.2 Å². The Morgan fingerprint density at radius 2 is 0.925 bits per heavy atom. The maximum atomic E-state index is 13.7. The third-order valence-electron chi connectivity index (χ3n) is 9.89. The van der Waals surface area contributed by atoms with E-state index >= 15 is 0 Å². The van der Waals surface area contributed by atoms with Gasteiger partial charge in [-0.2, -0.15) is 0 Å². The van der Waals surface area contributed by atoms with Gasteiger partial charge in [0.1, 0.15) is 5.78 Å². The van der Waals surface area contributed by atoms with Crippen molar-refractivity contribution in [3.05, 3.63) is 68.7 Å². The van der Waals surface area contributed by atoms with Crippen LogP contribution in [0.2, 0.25) is 10.0 Å². The fourth-order valence-electron chi connectivity index (χ4n) is 9.12. The highest BCUT2D eigenvalue weighted by atomic mass is 35.5. The van der Waals surface area contributed by atoms with Crippen LogP contribution in [-0.2, 0) is 4.79 Å². The van der Waals surface area contributed by atoms with Gasteiger partial charge in [-0.3, -0.25) is 4.79 Å². The molecule has 2 aliphatic rings. The molecule has 0 N–H and O–H groups in total. The second-order valence-corrected chi connectivity index (χ2v) is 17.4. The molecule has 0 radical (unpaired) electrons. The van der Waals surface area contributed by atoms with Crippen LogP contribution in [0.4, 0.5) is 0 Å². The second kappa shape index (κ2) is 11.1. The summed E-state index contributed by atoms with van der Waals surface area (Å²) in [4.78, 5) is 13.7. The molecule has 2 fully saturated rings. The van der Waals surface area contributed by atoms with E-state index in [1.165, 1.54) is 24.0 Å². The summed E-state index contributed by atoms with van der Waals surface area (Å²) in [5.74, 6) is 0.628. The molecule has 0 aliphatic heterocycles. The number of hydrogen-bond donors (Lipinski definition) is 0. The smallest absolute Gasteiger partial charge is 0.147 e. The summed E-state index contributed by atoms with van der Waals surface area (Å²) in [5, 5.41) is 1.60. The standard InChI is InChI=1S/C37H52Cl2O/c1-23(25-11-13-29(31(38)15-25)27-17-34(3,4)21-35(5,6)18-27)33(40)24(2)26-12-14-30(32(39)16-26)28-19-36(7,8)22-37(9,10)20-28/h11-16,23-24,27-28H,17-22H2,1-10H3. The predicted octanol–water partition coefficient (Wildman–Crippen LogP) is 12.1. The zero-order chi connectivity index (χ0) is 29.8. The summed E-state index contributed by atoms with van der Waals surface area (Å²) in [5.41, 5.74) is 5.65. The Morgan fingerprint density at radius 1 is 0.625 bits per heavy atom. The molecular weight excluding hydrogens is 531 g/mol. The van der Waals surface area contributed by atoms with Crippen LogP contribution in [0.1, 0.15) is 154 Å². The lowest BCUT2D eigenvalue weighted by Crippen LogP contribution is -2.33. The van der Waals surface area contributed by atoms with Crippen molar-refractivity contribution in [1.82, 2.24) is 0 Å². The summed E-state index contributed by atoms with van der Waals surface area (Å²) in [7, 11) is 0. The number of Topliss-reactive ketones (excluding diaryl/α,β-unsaturated/α-hetero) is 1. The minimum Gasteiger partial charge on any atom is -0.298 e. The van der Waals surface area contributed by atoms with Gasteiger partial charge >= 0.3 is 0 Å². The minimum atomic E-state index is -0.237. The van der Waals surface area contributed by atoms with Crippen LogP contribution in [-0.4, -0.2) is 5.78 Å². The van der Waals surface area contributed by atoms with Crippen LogP contribution in [0.25, 0.3) is 0 Å². The van der Waals surface area contributed by atoms with Gasteiger partial charge in [-0.15, -0.1) is 0 Å². The highest BCUT2D eigenvalue weighted by Crippen LogP contribution is 2.54. The highest BCUT2D eigenvalue weighted by molar-refractivity contribution is 6.32. The molecule has 0 bridgehead atoms. The fourth-order valence-corrected chi connectivity index (χ4v) is 9.81. The van der Waals surface area contributed by atoms with Gasteiger partial charge in [0, 0.05) is 21.9 Å². The van der Waals surface area contributed by atoms with Gasteiger partial charge in [-0.1, -0.05) is 117 Å². The summed E-state index contributed by atoms with van der Waals surface area (Å²) in [6.07, 6.45) is 7.05. The number of ketones is 1. The maximum Gasteiger partial charge on any atom is 0.147 e. The molecule has 2 unspecified atom stereocenters. The number of carbonyl (C=O) groups excluding carboxylic acids is 1. The van der Waals surface area contributed by atoms with Crippen LogP contribution in [0.15, 0.2) is 36.4 Å². The van der Waals surface area contributed by atoms with E-state index in [1.807, 2.05) is 26.0 Å². The quantitative estimate of drug-likeness (QED) is 0.331. The van der Waals surface area contributed by atoms with Crippen LogP contribution >= 0.6 is 23.2 Å². The third-order valence-corrected chi connectivity index (χ3v) is 10.5. The molecule has 0 spiro atoms. The van der Waals surface area contributed by atoms with E-state index < -0.39 is 0 Å². The molecule has 0 amide bonds. The fraction of sp³-hybridized carbons (Fsp3) is 0.649. The van der Waals surface area contributed by atoms with Gasteiger partial charge in [0.25, 0.3) is 0 Å². The van der Waals surface area contributed by atoms with Crippen molar-refractivity contribution in [2.24, 2.45) is 21.7 Å². The number of rotatable bonds is 6. The van der Waals surface area contributed by atoms with Crippen LogP contribution < -0.4 is 0 Å². The van der Waals surface area contributed by atoms with Crippen molar-refractivity contribution < 1.29 is 4.79 Å². The number of carbonyl (C=O) groups is 1. The van der Waals surface area contributed by atoms with Gasteiger partial charge in [0.15, 0.2) is 0 Å². The number of hydrogen-bond acceptors (Lipinski definition) is 1. The lowest BCUT2D eigenvalue weighted by atomic mass is 9.60. The molecule has 220 valence electrons. The molecule has 0 saturated heterocycles. The Morgan fingerprint density at radius 3 is 1.20 bits per heavy atom. The highest BCUT2D eigenvalue weighted by Gasteiger charge is 2.41. The van der Waals surface area contributed by atoms with Crippen molar-refractivity contribution in [3.8, 4) is 0 Å². The average Bonchev–Trinajstić information content (AvgIpc) is 2.78. The summed E-state index contributed by atoms with van der Waals surface area (Å²) in [6.45, 7) is 23.0. The molecule has 3 heteroatoms. The lowest BCUT2D eigenvalue weighted by molar-refractivity contribution is -0.121. The second-order valence-electron chi connectivity index (χ2n) is 16.6. The summed E-state index contributed by atoms with van der Waals surface area (Å²) >= 11 is 13.8. The predicted molar refractivity (Wildman–Crippen MR) is 173 cm³/mol. The first-order chi connectivity index (χ1) is 18.3. The van der Waals surface area contributed by atoms with Crippen molar-refractivity contribution in [3.63, 3.8) is 0 Å². The Labute approximate surface area is 254 Å². The summed E-state index contributed by atoms with van der Waals surface area (Å²) in [6, 6.07) is 12.7. The van der Waals surface area contributed by atoms with Crippen LogP contribution in [0.3, 0.4) is 0 Å². The first kappa shape index (κ1) is 31.6. The first-order valence-corrected chi connectivity index (χ1v) is 16.2. The van der Waals surface area contributed by atoms with E-state index in [0.29, 0.717) is 33.5 Å². The van der Waals surface area contributed by atoms with Gasteiger partial charge in [-0.25, -0.2) is 0 Å². The third kappa shape index (κ3) is 7.18. The van der Waals surface area contributed by atoms with E-state index in [1.54, 1.807) is 0 Å². The molecule has 0 heterocycles. The minimum absolute atomic E-state index is 0.201. The molecule has 2 aromatic carbocycles. The zero-order valence-corrected chi connectivity index (χ0v) is 28.2. The molecule has 40 heavy (non-hydrogen) atoms. The Hall–Kier alpha value is -1.31. The van der Waals surface area contributed by atoms with E-state index in [0.717, 1.165) is 46.9 Å². The van der Waals surface area contributed by atoms with Crippen molar-refractivity contribution in [1.29, 1.82) is 0 Å². The molecule has 1 nitrogen and oxygen atoms in total. The molecule has 4 rings (SSSR count). The van der Waals surface area contributed by atoms with Crippen LogP contribution in [0, 0.1) is 21.7 Å². The molecule has 2 aromatic rings. The van der Waals surface area contributed by atoms with Gasteiger partial charge in [0.05, 0.1) is 0 Å². The average molecular weight is 584 g/mol. The van der Waals surface area contributed by atoms with E-state index in [-0.39, 0.29) is 17.6 Å². The Kier molecular flexibility index (Phi) is 8.75. The van der Waals surface area contributed by atoms with Gasteiger partial charge in [0.2, 0.25) is 0 Å². The van der Waals surface area contributed by atoms with Crippen molar-refractivity contribution in [2.45, 2.75) is 131 Å². The molecule has 2 aliphatic carbocycles.